The second-order valence-corrected chi connectivity index (χ2v) is 10.7. The van der Waals surface area contributed by atoms with Crippen molar-refractivity contribution >= 4 is 12.1 Å². The summed E-state index contributed by atoms with van der Waals surface area (Å²) in [6.45, 7) is 5.06. The van der Waals surface area contributed by atoms with Gasteiger partial charge in [-0.2, -0.15) is 5.10 Å². The van der Waals surface area contributed by atoms with Gasteiger partial charge in [-0.1, -0.05) is 26.7 Å². The van der Waals surface area contributed by atoms with Crippen LogP contribution in [0.2, 0.25) is 0 Å². The summed E-state index contributed by atoms with van der Waals surface area (Å²) >= 11 is 0. The van der Waals surface area contributed by atoms with Crippen LogP contribution in [0.15, 0.2) is 5.10 Å². The third kappa shape index (κ3) is 3.48. The predicted molar refractivity (Wildman–Crippen MR) is 113 cm³/mol. The molecule has 158 valence electrons. The minimum absolute atomic E-state index is 0.135. The number of hydrazone groups is 1. The summed E-state index contributed by atoms with van der Waals surface area (Å²) in [6, 6.07) is 0. The summed E-state index contributed by atoms with van der Waals surface area (Å²) in [7, 11) is 0. The van der Waals surface area contributed by atoms with Gasteiger partial charge in [0.25, 0.3) is 0 Å². The standard InChI is InChI=1S/C23H40N4O/c1-15-6-8-17-16(12-15)7-9-19-18(17)10-11-23(2)20(19)4-3-5-21(23)22(28)13-27(25)26-14-24/h14-21H,3-13,25H2,1-2H3,(H2,24,26)/t15-,16+,17-,18?,19+,20?,21+,23-/m0/s1. The van der Waals surface area contributed by atoms with Gasteiger partial charge in [-0.15, -0.1) is 0 Å². The van der Waals surface area contributed by atoms with Gasteiger partial charge >= 0.3 is 0 Å². The maximum atomic E-state index is 13.1. The second kappa shape index (κ2) is 7.97. The Morgan fingerprint density at radius 2 is 1.89 bits per heavy atom. The molecule has 0 amide bonds. The van der Waals surface area contributed by atoms with Gasteiger partial charge in [0.15, 0.2) is 5.78 Å². The number of hydrogen-bond donors (Lipinski definition) is 2. The molecule has 0 aromatic heterocycles. The lowest BCUT2D eigenvalue weighted by atomic mass is 9.44. The van der Waals surface area contributed by atoms with Gasteiger partial charge in [0.1, 0.15) is 12.9 Å². The first-order valence-electron chi connectivity index (χ1n) is 11.7. The molecule has 4 N–H and O–H groups in total. The molecule has 4 rings (SSSR count). The van der Waals surface area contributed by atoms with Crippen LogP contribution >= 0.6 is 0 Å². The van der Waals surface area contributed by atoms with E-state index in [1.54, 1.807) is 0 Å². The molecule has 4 aliphatic rings. The molecule has 28 heavy (non-hydrogen) atoms. The highest BCUT2D eigenvalue weighted by molar-refractivity contribution is 5.84. The van der Waals surface area contributed by atoms with Crippen molar-refractivity contribution in [1.29, 1.82) is 0 Å². The van der Waals surface area contributed by atoms with Crippen LogP contribution in [-0.2, 0) is 4.79 Å². The summed E-state index contributed by atoms with van der Waals surface area (Å²) in [6.07, 6.45) is 14.4. The number of hydrogen-bond acceptors (Lipinski definition) is 4. The van der Waals surface area contributed by atoms with E-state index in [2.05, 4.69) is 18.9 Å². The number of hydrazine groups is 1. The molecule has 0 spiro atoms. The van der Waals surface area contributed by atoms with Gasteiger partial charge in [-0.3, -0.25) is 4.79 Å². The van der Waals surface area contributed by atoms with Gasteiger partial charge in [0, 0.05) is 5.92 Å². The molecule has 8 atom stereocenters. The molecule has 5 heteroatoms. The van der Waals surface area contributed by atoms with Gasteiger partial charge in [-0.25, -0.2) is 11.0 Å². The molecule has 0 saturated heterocycles. The maximum absolute atomic E-state index is 13.1. The van der Waals surface area contributed by atoms with Crippen molar-refractivity contribution in [2.75, 3.05) is 6.54 Å². The maximum Gasteiger partial charge on any atom is 0.159 e. The molecule has 5 nitrogen and oxygen atoms in total. The van der Waals surface area contributed by atoms with E-state index in [0.717, 1.165) is 48.3 Å². The largest absolute Gasteiger partial charge is 0.388 e. The van der Waals surface area contributed by atoms with E-state index in [1.165, 1.54) is 62.9 Å². The fourth-order valence-electron chi connectivity index (χ4n) is 8.21. The molecule has 0 aromatic rings. The smallest absolute Gasteiger partial charge is 0.159 e. The molecule has 4 fully saturated rings. The van der Waals surface area contributed by atoms with Crippen LogP contribution in [0.5, 0.6) is 0 Å². The average molecular weight is 389 g/mol. The summed E-state index contributed by atoms with van der Waals surface area (Å²) in [5, 5.41) is 5.05. The van der Waals surface area contributed by atoms with Crippen LogP contribution in [-0.4, -0.2) is 23.8 Å². The van der Waals surface area contributed by atoms with Crippen LogP contribution in [0.25, 0.3) is 0 Å². The lowest BCUT2D eigenvalue weighted by molar-refractivity contribution is -0.145. The van der Waals surface area contributed by atoms with Crippen molar-refractivity contribution in [3.05, 3.63) is 0 Å². The summed E-state index contributed by atoms with van der Waals surface area (Å²) < 4.78 is 0. The molecule has 0 radical (unpaired) electrons. The van der Waals surface area contributed by atoms with Crippen molar-refractivity contribution in [3.63, 3.8) is 0 Å². The van der Waals surface area contributed by atoms with E-state index in [4.69, 9.17) is 11.6 Å². The zero-order valence-electron chi connectivity index (χ0n) is 17.9. The Labute approximate surface area is 170 Å². The van der Waals surface area contributed by atoms with E-state index in [-0.39, 0.29) is 23.7 Å². The lowest BCUT2D eigenvalue weighted by Crippen LogP contribution is -2.55. The zero-order chi connectivity index (χ0) is 19.9. The average Bonchev–Trinajstić information content (AvgIpc) is 2.66. The number of fused-ring (bicyclic) bond motifs is 5. The van der Waals surface area contributed by atoms with Crippen molar-refractivity contribution in [1.82, 2.24) is 5.12 Å². The highest BCUT2D eigenvalue weighted by Crippen LogP contribution is 2.63. The lowest BCUT2D eigenvalue weighted by Gasteiger charge is -2.60. The Balaban J connectivity index is 1.50. The van der Waals surface area contributed by atoms with E-state index in [9.17, 15) is 4.79 Å². The molecule has 0 aromatic carbocycles. The molecule has 2 unspecified atom stereocenters. The summed E-state index contributed by atoms with van der Waals surface area (Å²) in [5.74, 6) is 11.6. The first-order valence-corrected chi connectivity index (χ1v) is 11.7. The topological polar surface area (TPSA) is 84.7 Å². The Hall–Kier alpha value is -1.10. The zero-order valence-corrected chi connectivity index (χ0v) is 17.9. The minimum atomic E-state index is 0.135. The molecule has 4 aliphatic carbocycles. The van der Waals surface area contributed by atoms with Gasteiger partial charge < -0.3 is 5.73 Å². The van der Waals surface area contributed by atoms with Crippen LogP contribution in [0.1, 0.15) is 78.1 Å². The fourth-order valence-corrected chi connectivity index (χ4v) is 8.21. The van der Waals surface area contributed by atoms with Crippen LogP contribution in [0.4, 0.5) is 0 Å². The number of nitrogens with zero attached hydrogens (tertiary/aromatic N) is 2. The predicted octanol–water partition coefficient (Wildman–Crippen LogP) is 3.93. The second-order valence-electron chi connectivity index (χ2n) is 10.7. The molecule has 0 bridgehead atoms. The van der Waals surface area contributed by atoms with Crippen LogP contribution in [0, 0.1) is 46.8 Å². The quantitative estimate of drug-likeness (QED) is 0.331. The third-order valence-electron chi connectivity index (χ3n) is 9.38. The molecule has 4 saturated carbocycles. The molecule has 0 heterocycles. The Morgan fingerprint density at radius 1 is 1.11 bits per heavy atom. The van der Waals surface area contributed by atoms with Crippen molar-refractivity contribution in [3.8, 4) is 0 Å². The van der Waals surface area contributed by atoms with Gasteiger partial charge in [0.05, 0.1) is 0 Å². The van der Waals surface area contributed by atoms with E-state index >= 15 is 0 Å². The van der Waals surface area contributed by atoms with Gasteiger partial charge in [0.2, 0.25) is 0 Å². The third-order valence-corrected chi connectivity index (χ3v) is 9.38. The Morgan fingerprint density at radius 3 is 2.68 bits per heavy atom. The van der Waals surface area contributed by atoms with E-state index in [1.807, 2.05) is 0 Å². The number of ketones is 1. The Kier molecular flexibility index (Phi) is 5.74. The number of carbonyl (C=O) groups excluding carboxylic acids is 1. The molecular formula is C23H40N4O. The highest BCUT2D eigenvalue weighted by Gasteiger charge is 2.56. The van der Waals surface area contributed by atoms with E-state index in [0.29, 0.717) is 0 Å². The number of Topliss-reactive ketones (excluding diaryl/α,β-unsaturated/α-hetero) is 1. The fraction of sp³-hybridized carbons (Fsp3) is 0.913. The number of rotatable bonds is 4. The van der Waals surface area contributed by atoms with E-state index < -0.39 is 0 Å². The SMILES string of the molecule is C[C@H]1CC[C@@H]2C3CC[C@@]4(C)C(CCC[C@@H]4C(=O)CN(N)/N=C\N)[C@@H]3CC[C@@H]2C1. The van der Waals surface area contributed by atoms with Crippen molar-refractivity contribution in [2.45, 2.75) is 78.1 Å². The van der Waals surface area contributed by atoms with Crippen LogP contribution < -0.4 is 11.6 Å². The van der Waals surface area contributed by atoms with Crippen molar-refractivity contribution < 1.29 is 4.79 Å². The number of carbonyl (C=O) groups is 1. The monoisotopic (exact) mass is 388 g/mol. The molecule has 0 aliphatic heterocycles. The Bertz CT molecular complexity index is 607. The minimum Gasteiger partial charge on any atom is -0.388 e. The van der Waals surface area contributed by atoms with Gasteiger partial charge in [-0.05, 0) is 92.3 Å². The highest BCUT2D eigenvalue weighted by atomic mass is 16.1. The molecular weight excluding hydrogens is 348 g/mol. The first-order chi connectivity index (χ1) is 13.4. The van der Waals surface area contributed by atoms with Crippen molar-refractivity contribution in [2.24, 2.45) is 63.5 Å². The normalized spacial score (nSPS) is 45.8. The summed E-state index contributed by atoms with van der Waals surface area (Å²) in [4.78, 5) is 13.1. The van der Waals surface area contributed by atoms with Crippen LogP contribution in [0.3, 0.4) is 0 Å². The summed E-state index contributed by atoms with van der Waals surface area (Å²) in [5.41, 5.74) is 5.48. The first kappa shape index (κ1) is 20.2. The number of nitrogens with two attached hydrogens (primary N) is 2.